The first-order chi connectivity index (χ1) is 9.72. The van der Waals surface area contributed by atoms with Gasteiger partial charge >= 0.3 is 5.69 Å². The Labute approximate surface area is 117 Å². The third kappa shape index (κ3) is 3.23. The van der Waals surface area contributed by atoms with E-state index in [1.54, 1.807) is 24.4 Å². The summed E-state index contributed by atoms with van der Waals surface area (Å²) in [6.45, 7) is 2.97. The molecule has 2 rings (SSSR count). The van der Waals surface area contributed by atoms with Crippen LogP contribution >= 0.6 is 0 Å². The Kier molecular flexibility index (Phi) is 4.49. The first kappa shape index (κ1) is 13.8. The van der Waals surface area contributed by atoms with E-state index in [9.17, 15) is 10.1 Å². The van der Waals surface area contributed by atoms with Gasteiger partial charge in [0.2, 0.25) is 0 Å². The predicted molar refractivity (Wildman–Crippen MR) is 78.8 cm³/mol. The van der Waals surface area contributed by atoms with Crippen molar-refractivity contribution in [3.63, 3.8) is 0 Å². The summed E-state index contributed by atoms with van der Waals surface area (Å²) in [4.78, 5) is 15.0. The summed E-state index contributed by atoms with van der Waals surface area (Å²) in [5, 5.41) is 17.3. The molecule has 2 N–H and O–H groups in total. The number of nitro benzene ring substituents is 1. The van der Waals surface area contributed by atoms with E-state index in [0.717, 1.165) is 5.69 Å². The molecule has 0 amide bonds. The summed E-state index contributed by atoms with van der Waals surface area (Å²) in [7, 11) is 0. The Balaban J connectivity index is 2.22. The lowest BCUT2D eigenvalue weighted by Gasteiger charge is -2.10. The smallest absolute Gasteiger partial charge is 0.315 e. The van der Waals surface area contributed by atoms with Crippen LogP contribution in [0.25, 0.3) is 0 Å². The summed E-state index contributed by atoms with van der Waals surface area (Å²) in [6, 6.07) is 10.8. The van der Waals surface area contributed by atoms with Gasteiger partial charge in [-0.1, -0.05) is 12.1 Å². The van der Waals surface area contributed by atoms with Gasteiger partial charge in [0.25, 0.3) is 0 Å². The van der Waals surface area contributed by atoms with E-state index >= 15 is 0 Å². The number of nitrogens with one attached hydrogen (secondary N) is 2. The van der Waals surface area contributed by atoms with Crippen LogP contribution in [0.3, 0.4) is 0 Å². The molecular formula is C14H16N4O2. The van der Waals surface area contributed by atoms with Crippen molar-refractivity contribution in [3.05, 3.63) is 58.4 Å². The molecule has 0 saturated heterocycles. The molecule has 1 heterocycles. The maximum absolute atomic E-state index is 11.2. The molecule has 6 nitrogen and oxygen atoms in total. The van der Waals surface area contributed by atoms with E-state index in [2.05, 4.69) is 15.6 Å². The molecule has 20 heavy (non-hydrogen) atoms. The lowest BCUT2D eigenvalue weighted by molar-refractivity contribution is -0.383. The Morgan fingerprint density at radius 3 is 2.50 bits per heavy atom. The zero-order valence-corrected chi connectivity index (χ0v) is 11.2. The standard InChI is InChI=1S/C14H16N4O2/c1-2-15-12-7-5-8-13(14(12)18(19)20)17-10-11-6-3-4-9-16-11/h3-9,15,17H,2,10H2,1H3. The first-order valence-corrected chi connectivity index (χ1v) is 6.37. The quantitative estimate of drug-likeness (QED) is 0.624. The van der Waals surface area contributed by atoms with Crippen LogP contribution in [0.1, 0.15) is 12.6 Å². The average Bonchev–Trinajstić information content (AvgIpc) is 2.46. The minimum absolute atomic E-state index is 0.0604. The lowest BCUT2D eigenvalue weighted by atomic mass is 10.2. The minimum Gasteiger partial charge on any atom is -0.380 e. The Morgan fingerprint density at radius 2 is 1.90 bits per heavy atom. The molecule has 2 aromatic rings. The number of hydrogen-bond donors (Lipinski definition) is 2. The highest BCUT2D eigenvalue weighted by Crippen LogP contribution is 2.32. The molecule has 0 aliphatic rings. The molecule has 0 saturated carbocycles. The second-order valence-electron chi connectivity index (χ2n) is 4.16. The van der Waals surface area contributed by atoms with Gasteiger partial charge in [0.05, 0.1) is 17.2 Å². The van der Waals surface area contributed by atoms with Gasteiger partial charge in [0.15, 0.2) is 0 Å². The maximum Gasteiger partial charge on any atom is 0.315 e. The maximum atomic E-state index is 11.2. The van der Waals surface area contributed by atoms with E-state index in [-0.39, 0.29) is 10.6 Å². The summed E-state index contributed by atoms with van der Waals surface area (Å²) >= 11 is 0. The van der Waals surface area contributed by atoms with E-state index in [1.165, 1.54) is 0 Å². The highest BCUT2D eigenvalue weighted by molar-refractivity contribution is 5.76. The van der Waals surface area contributed by atoms with Gasteiger partial charge in [-0.2, -0.15) is 0 Å². The molecule has 0 fully saturated rings. The van der Waals surface area contributed by atoms with Crippen molar-refractivity contribution in [2.75, 3.05) is 17.2 Å². The molecule has 0 aliphatic carbocycles. The van der Waals surface area contributed by atoms with Crippen molar-refractivity contribution < 1.29 is 4.92 Å². The van der Waals surface area contributed by atoms with Crippen LogP contribution in [-0.4, -0.2) is 16.5 Å². The molecule has 0 atom stereocenters. The summed E-state index contributed by atoms with van der Waals surface area (Å²) in [6.07, 6.45) is 1.69. The van der Waals surface area contributed by atoms with Crippen LogP contribution in [0.4, 0.5) is 17.1 Å². The van der Waals surface area contributed by atoms with E-state index < -0.39 is 0 Å². The van der Waals surface area contributed by atoms with Crippen LogP contribution in [0.15, 0.2) is 42.6 Å². The van der Waals surface area contributed by atoms with Gasteiger partial charge in [0.1, 0.15) is 11.4 Å². The van der Waals surface area contributed by atoms with Crippen molar-refractivity contribution in [1.82, 2.24) is 4.98 Å². The number of anilines is 2. The van der Waals surface area contributed by atoms with Crippen LogP contribution in [0, 0.1) is 10.1 Å². The van der Waals surface area contributed by atoms with Gasteiger partial charge < -0.3 is 10.6 Å². The Morgan fingerprint density at radius 1 is 1.15 bits per heavy atom. The number of hydrogen-bond acceptors (Lipinski definition) is 5. The number of nitro groups is 1. The Hall–Kier alpha value is -2.63. The van der Waals surface area contributed by atoms with Gasteiger partial charge in [-0.05, 0) is 31.2 Å². The number of nitrogens with zero attached hydrogens (tertiary/aromatic N) is 2. The first-order valence-electron chi connectivity index (χ1n) is 6.37. The van der Waals surface area contributed by atoms with Crippen molar-refractivity contribution in [1.29, 1.82) is 0 Å². The molecule has 0 bridgehead atoms. The van der Waals surface area contributed by atoms with E-state index in [1.807, 2.05) is 25.1 Å². The van der Waals surface area contributed by atoms with Crippen molar-refractivity contribution in [2.45, 2.75) is 13.5 Å². The summed E-state index contributed by atoms with van der Waals surface area (Å²) in [5.41, 5.74) is 1.89. The molecular weight excluding hydrogens is 256 g/mol. The highest BCUT2D eigenvalue weighted by atomic mass is 16.6. The number of aromatic nitrogens is 1. The summed E-state index contributed by atoms with van der Waals surface area (Å²) in [5.74, 6) is 0. The molecule has 0 spiro atoms. The minimum atomic E-state index is -0.376. The van der Waals surface area contributed by atoms with Crippen LogP contribution in [0.5, 0.6) is 0 Å². The van der Waals surface area contributed by atoms with Crippen LogP contribution in [0.2, 0.25) is 0 Å². The monoisotopic (exact) mass is 272 g/mol. The zero-order valence-electron chi connectivity index (χ0n) is 11.2. The fraction of sp³-hybridized carbons (Fsp3) is 0.214. The van der Waals surface area contributed by atoms with Gasteiger partial charge in [0, 0.05) is 12.7 Å². The van der Waals surface area contributed by atoms with Crippen LogP contribution in [-0.2, 0) is 6.54 Å². The number of benzene rings is 1. The molecule has 0 radical (unpaired) electrons. The number of pyridine rings is 1. The molecule has 104 valence electrons. The molecule has 0 unspecified atom stereocenters. The van der Waals surface area contributed by atoms with Crippen molar-refractivity contribution in [3.8, 4) is 0 Å². The normalized spacial score (nSPS) is 10.1. The van der Waals surface area contributed by atoms with Gasteiger partial charge in [-0.3, -0.25) is 15.1 Å². The topological polar surface area (TPSA) is 80.1 Å². The highest BCUT2D eigenvalue weighted by Gasteiger charge is 2.18. The van der Waals surface area contributed by atoms with Gasteiger partial charge in [-0.15, -0.1) is 0 Å². The molecule has 1 aromatic heterocycles. The number of rotatable bonds is 6. The Bertz CT molecular complexity index is 587. The third-order valence-corrected chi connectivity index (χ3v) is 2.77. The third-order valence-electron chi connectivity index (χ3n) is 2.77. The average molecular weight is 272 g/mol. The SMILES string of the molecule is CCNc1cccc(NCc2ccccn2)c1[N+](=O)[O-]. The largest absolute Gasteiger partial charge is 0.380 e. The lowest BCUT2D eigenvalue weighted by Crippen LogP contribution is -2.07. The van der Waals surface area contributed by atoms with E-state index in [0.29, 0.717) is 24.5 Å². The molecule has 6 heteroatoms. The van der Waals surface area contributed by atoms with Crippen molar-refractivity contribution in [2.24, 2.45) is 0 Å². The summed E-state index contributed by atoms with van der Waals surface area (Å²) < 4.78 is 0. The van der Waals surface area contributed by atoms with E-state index in [4.69, 9.17) is 0 Å². The van der Waals surface area contributed by atoms with Crippen LogP contribution < -0.4 is 10.6 Å². The van der Waals surface area contributed by atoms with Crippen molar-refractivity contribution >= 4 is 17.1 Å². The predicted octanol–water partition coefficient (Wildman–Crippen LogP) is 3.03. The second-order valence-corrected chi connectivity index (χ2v) is 4.16. The molecule has 0 aliphatic heterocycles. The van der Waals surface area contributed by atoms with Gasteiger partial charge in [-0.25, -0.2) is 0 Å². The number of para-hydroxylation sites is 1. The zero-order chi connectivity index (χ0) is 14.4. The molecule has 1 aromatic carbocycles. The fourth-order valence-corrected chi connectivity index (χ4v) is 1.90. The second kappa shape index (κ2) is 6.51. The fourth-order valence-electron chi connectivity index (χ4n) is 1.90.